The molecule has 194 valence electrons. The molecule has 5 unspecified atom stereocenters. The highest BCUT2D eigenvalue weighted by molar-refractivity contribution is 6.31. The molecule has 0 bridgehead atoms. The van der Waals surface area contributed by atoms with Crippen molar-refractivity contribution in [2.45, 2.75) is 64.9 Å². The SMILES string of the molecule is CC(=O)C1C(=O)CC2CC3Cc4c(N(C)C)cc(CCCC(C)C)c(O)c4C(=O)C3C(=O)C2(O)C1=O. The zero-order valence-electron chi connectivity index (χ0n) is 21.6. The Morgan fingerprint density at radius 2 is 1.81 bits per heavy atom. The third-order valence-corrected chi connectivity index (χ3v) is 8.29. The van der Waals surface area contributed by atoms with Crippen molar-refractivity contribution in [3.63, 3.8) is 0 Å². The van der Waals surface area contributed by atoms with E-state index in [0.717, 1.165) is 25.5 Å². The maximum absolute atomic E-state index is 13.8. The first-order chi connectivity index (χ1) is 16.8. The van der Waals surface area contributed by atoms with Gasteiger partial charge in [0.2, 0.25) is 0 Å². The molecule has 1 aromatic carbocycles. The van der Waals surface area contributed by atoms with E-state index in [9.17, 15) is 34.2 Å². The standard InChI is InChI=1S/C28H35NO7/c1-13(2)7-6-8-15-11-19(29(4)5)18-10-16-9-17-12-20(31)21(14(3)30)26(34)28(17,36)27(35)22(16)25(33)23(18)24(15)32/h11,13,16-17,21-22,32,36H,6-10,12H2,1-5H3. The minimum Gasteiger partial charge on any atom is -0.507 e. The number of benzene rings is 1. The van der Waals surface area contributed by atoms with E-state index in [1.54, 1.807) is 0 Å². The summed E-state index contributed by atoms with van der Waals surface area (Å²) in [5, 5.41) is 22.6. The van der Waals surface area contributed by atoms with E-state index in [1.165, 1.54) is 0 Å². The minimum atomic E-state index is -2.55. The fourth-order valence-corrected chi connectivity index (χ4v) is 6.48. The second-order valence-electron chi connectivity index (χ2n) is 11.4. The van der Waals surface area contributed by atoms with Crippen LogP contribution in [0.3, 0.4) is 0 Å². The zero-order valence-corrected chi connectivity index (χ0v) is 21.6. The first kappa shape index (κ1) is 26.2. The van der Waals surface area contributed by atoms with Gasteiger partial charge in [-0.05, 0) is 61.6 Å². The third-order valence-electron chi connectivity index (χ3n) is 8.29. The highest BCUT2D eigenvalue weighted by Crippen LogP contribution is 2.51. The monoisotopic (exact) mass is 497 g/mol. The number of aromatic hydroxyl groups is 1. The third kappa shape index (κ3) is 3.90. The number of phenolic OH excluding ortho intramolecular Hbond substituents is 1. The molecular formula is C28H35NO7. The Balaban J connectivity index is 1.78. The highest BCUT2D eigenvalue weighted by Gasteiger charge is 2.65. The number of anilines is 1. The molecule has 36 heavy (non-hydrogen) atoms. The number of fused-ring (bicyclic) bond motifs is 3. The Hall–Kier alpha value is -2.87. The number of phenols is 1. The van der Waals surface area contributed by atoms with Crippen LogP contribution < -0.4 is 4.90 Å². The van der Waals surface area contributed by atoms with E-state index in [2.05, 4.69) is 13.8 Å². The van der Waals surface area contributed by atoms with E-state index in [0.29, 0.717) is 29.9 Å². The molecule has 0 heterocycles. The summed E-state index contributed by atoms with van der Waals surface area (Å²) in [7, 11) is 3.71. The van der Waals surface area contributed by atoms with Crippen LogP contribution in [0.2, 0.25) is 0 Å². The van der Waals surface area contributed by atoms with Crippen LogP contribution in [0, 0.1) is 29.6 Å². The van der Waals surface area contributed by atoms with Gasteiger partial charge in [-0.2, -0.15) is 0 Å². The maximum atomic E-state index is 13.8. The molecule has 0 saturated heterocycles. The average molecular weight is 498 g/mol. The van der Waals surface area contributed by atoms with Gasteiger partial charge < -0.3 is 15.1 Å². The molecule has 5 atom stereocenters. The zero-order chi connectivity index (χ0) is 26.7. The van der Waals surface area contributed by atoms with Gasteiger partial charge in [0.05, 0.1) is 11.5 Å². The van der Waals surface area contributed by atoms with Crippen molar-refractivity contribution in [1.29, 1.82) is 0 Å². The molecule has 1 aromatic rings. The van der Waals surface area contributed by atoms with Gasteiger partial charge >= 0.3 is 0 Å². The summed E-state index contributed by atoms with van der Waals surface area (Å²) >= 11 is 0. The largest absolute Gasteiger partial charge is 0.507 e. The van der Waals surface area contributed by atoms with Crippen LogP contribution >= 0.6 is 0 Å². The van der Waals surface area contributed by atoms with E-state index >= 15 is 0 Å². The Morgan fingerprint density at radius 1 is 1.14 bits per heavy atom. The molecule has 0 spiro atoms. The Morgan fingerprint density at radius 3 is 2.39 bits per heavy atom. The summed E-state index contributed by atoms with van der Waals surface area (Å²) in [6.45, 7) is 5.32. The van der Waals surface area contributed by atoms with E-state index in [-0.39, 0.29) is 24.2 Å². The highest BCUT2D eigenvalue weighted by atomic mass is 16.3. The summed E-state index contributed by atoms with van der Waals surface area (Å²) in [4.78, 5) is 67.1. The van der Waals surface area contributed by atoms with Gasteiger partial charge in [0, 0.05) is 32.1 Å². The minimum absolute atomic E-state index is 0.0832. The lowest BCUT2D eigenvalue weighted by Gasteiger charge is -2.49. The molecule has 2 fully saturated rings. The molecule has 0 aliphatic heterocycles. The van der Waals surface area contributed by atoms with Crippen LogP contribution in [0.4, 0.5) is 5.69 Å². The van der Waals surface area contributed by atoms with Crippen LogP contribution in [-0.2, 0) is 32.0 Å². The van der Waals surface area contributed by atoms with Crippen LogP contribution in [0.15, 0.2) is 6.07 Å². The van der Waals surface area contributed by atoms with Crippen molar-refractivity contribution in [2.24, 2.45) is 29.6 Å². The summed E-state index contributed by atoms with van der Waals surface area (Å²) in [5.74, 6) is -8.09. The van der Waals surface area contributed by atoms with E-state index in [4.69, 9.17) is 0 Å². The second-order valence-corrected chi connectivity index (χ2v) is 11.4. The number of aryl methyl sites for hydroxylation is 1. The summed E-state index contributed by atoms with van der Waals surface area (Å²) in [6, 6.07) is 1.90. The van der Waals surface area contributed by atoms with Crippen molar-refractivity contribution in [3.8, 4) is 5.75 Å². The number of ketones is 5. The molecule has 3 aliphatic rings. The lowest BCUT2D eigenvalue weighted by atomic mass is 9.53. The van der Waals surface area contributed by atoms with Gasteiger partial charge in [0.15, 0.2) is 28.7 Å². The number of aliphatic hydroxyl groups is 1. The molecule has 8 nitrogen and oxygen atoms in total. The van der Waals surface area contributed by atoms with Crippen molar-refractivity contribution < 1.29 is 34.2 Å². The molecule has 0 radical (unpaired) electrons. The topological polar surface area (TPSA) is 129 Å². The summed E-state index contributed by atoms with van der Waals surface area (Å²) in [5.41, 5.74) is -0.409. The fraction of sp³-hybridized carbons (Fsp3) is 0.607. The first-order valence-corrected chi connectivity index (χ1v) is 12.7. The van der Waals surface area contributed by atoms with Crippen LogP contribution in [0.25, 0.3) is 0 Å². The van der Waals surface area contributed by atoms with Crippen LogP contribution in [-0.4, -0.2) is 58.8 Å². The Labute approximate surface area is 211 Å². The normalized spacial score (nSPS) is 29.6. The number of hydrogen-bond donors (Lipinski definition) is 2. The van der Waals surface area contributed by atoms with Crippen molar-refractivity contribution in [1.82, 2.24) is 0 Å². The Bertz CT molecular complexity index is 1170. The van der Waals surface area contributed by atoms with Crippen molar-refractivity contribution in [2.75, 3.05) is 19.0 Å². The van der Waals surface area contributed by atoms with Gasteiger partial charge in [0.25, 0.3) is 0 Å². The smallest absolute Gasteiger partial charge is 0.190 e. The lowest BCUT2D eigenvalue weighted by Crippen LogP contribution is -2.67. The Kier molecular flexibility index (Phi) is 6.71. The fourth-order valence-electron chi connectivity index (χ4n) is 6.48. The molecular weight excluding hydrogens is 462 g/mol. The molecule has 0 aromatic heterocycles. The molecule has 4 rings (SSSR count). The van der Waals surface area contributed by atoms with Crippen LogP contribution in [0.1, 0.15) is 67.9 Å². The quantitative estimate of drug-likeness (QED) is 0.574. The van der Waals surface area contributed by atoms with Gasteiger partial charge in [-0.3, -0.25) is 24.0 Å². The summed E-state index contributed by atoms with van der Waals surface area (Å²) < 4.78 is 0. The number of nitrogens with zero attached hydrogens (tertiary/aromatic N) is 1. The van der Waals surface area contributed by atoms with Crippen LogP contribution in [0.5, 0.6) is 5.75 Å². The number of carbonyl (C=O) groups is 5. The molecule has 2 saturated carbocycles. The average Bonchev–Trinajstić information content (AvgIpc) is 2.77. The second kappa shape index (κ2) is 9.21. The molecule has 2 N–H and O–H groups in total. The van der Waals surface area contributed by atoms with E-state index < -0.39 is 58.2 Å². The van der Waals surface area contributed by atoms with E-state index in [1.807, 2.05) is 25.1 Å². The summed E-state index contributed by atoms with van der Waals surface area (Å²) in [6.07, 6.45) is 2.52. The predicted molar refractivity (Wildman–Crippen MR) is 132 cm³/mol. The first-order valence-electron chi connectivity index (χ1n) is 12.7. The van der Waals surface area contributed by atoms with Gasteiger partial charge in [0.1, 0.15) is 17.5 Å². The molecule has 3 aliphatic carbocycles. The van der Waals surface area contributed by atoms with Gasteiger partial charge in [-0.25, -0.2) is 0 Å². The number of carbonyl (C=O) groups excluding carboxylic acids is 5. The molecule has 8 heteroatoms. The number of rotatable bonds is 6. The predicted octanol–water partition coefficient (Wildman–Crippen LogP) is 2.48. The number of Topliss-reactive ketones (excluding diaryl/α,β-unsaturated/α-hetero) is 5. The van der Waals surface area contributed by atoms with Gasteiger partial charge in [-0.15, -0.1) is 0 Å². The van der Waals surface area contributed by atoms with Crippen molar-refractivity contribution in [3.05, 3.63) is 22.8 Å². The molecule has 0 amide bonds. The number of hydrogen-bond acceptors (Lipinski definition) is 8. The van der Waals surface area contributed by atoms with Gasteiger partial charge in [-0.1, -0.05) is 20.3 Å². The van der Waals surface area contributed by atoms with Crippen molar-refractivity contribution >= 4 is 34.6 Å². The lowest BCUT2D eigenvalue weighted by molar-refractivity contribution is -0.175. The maximum Gasteiger partial charge on any atom is 0.190 e.